The Morgan fingerprint density at radius 3 is 2.29 bits per heavy atom. The van der Waals surface area contributed by atoms with E-state index in [-0.39, 0.29) is 19.0 Å². The fourth-order valence-corrected chi connectivity index (χ4v) is 1.22. The molecule has 100 valence electrons. The molecule has 0 aromatic rings. The second-order valence-electron chi connectivity index (χ2n) is 4.53. The van der Waals surface area contributed by atoms with E-state index in [1.807, 2.05) is 0 Å². The molecule has 0 aliphatic rings. The van der Waals surface area contributed by atoms with Gasteiger partial charge in [0.25, 0.3) is 0 Å². The van der Waals surface area contributed by atoms with Crippen molar-refractivity contribution in [1.82, 2.24) is 0 Å². The molecule has 0 aliphatic carbocycles. The lowest BCUT2D eigenvalue weighted by Gasteiger charge is -2.20. The zero-order valence-electron chi connectivity index (χ0n) is 11.4. The first-order valence-electron chi connectivity index (χ1n) is 6.25. The van der Waals surface area contributed by atoms with E-state index >= 15 is 0 Å². The van der Waals surface area contributed by atoms with Crippen LogP contribution in [0.1, 0.15) is 47.0 Å². The number of hydrogen-bond donors (Lipinski definition) is 0. The van der Waals surface area contributed by atoms with Crippen molar-refractivity contribution < 1.29 is 19.1 Å². The van der Waals surface area contributed by atoms with Gasteiger partial charge in [0.1, 0.15) is 12.0 Å². The van der Waals surface area contributed by atoms with Crippen LogP contribution in [0.3, 0.4) is 0 Å². The minimum absolute atomic E-state index is 0.0183. The van der Waals surface area contributed by atoms with Gasteiger partial charge in [0.15, 0.2) is 5.78 Å². The SMILES string of the molecule is CCCCCOCC(=O)C(C)(C)C(=O)OCC. The first kappa shape index (κ1) is 16.1. The van der Waals surface area contributed by atoms with Gasteiger partial charge in [-0.2, -0.15) is 0 Å². The third kappa shape index (κ3) is 5.82. The van der Waals surface area contributed by atoms with Crippen LogP contribution < -0.4 is 0 Å². The van der Waals surface area contributed by atoms with Gasteiger partial charge in [-0.3, -0.25) is 9.59 Å². The zero-order chi connectivity index (χ0) is 13.3. The van der Waals surface area contributed by atoms with Crippen LogP contribution in [0.25, 0.3) is 0 Å². The number of ether oxygens (including phenoxy) is 2. The summed E-state index contributed by atoms with van der Waals surface area (Å²) in [5.41, 5.74) is -1.11. The van der Waals surface area contributed by atoms with E-state index in [0.29, 0.717) is 6.61 Å². The van der Waals surface area contributed by atoms with Crippen LogP contribution in [-0.4, -0.2) is 31.6 Å². The number of hydrogen-bond acceptors (Lipinski definition) is 4. The van der Waals surface area contributed by atoms with Gasteiger partial charge in [-0.05, 0) is 27.2 Å². The quantitative estimate of drug-likeness (QED) is 0.355. The van der Waals surface area contributed by atoms with E-state index < -0.39 is 11.4 Å². The van der Waals surface area contributed by atoms with Crippen molar-refractivity contribution in [3.05, 3.63) is 0 Å². The van der Waals surface area contributed by atoms with E-state index in [2.05, 4.69) is 6.92 Å². The summed E-state index contributed by atoms with van der Waals surface area (Å²) in [6, 6.07) is 0. The lowest BCUT2D eigenvalue weighted by molar-refractivity contribution is -0.159. The van der Waals surface area contributed by atoms with E-state index in [0.717, 1.165) is 19.3 Å². The fraction of sp³-hybridized carbons (Fsp3) is 0.846. The normalized spacial score (nSPS) is 11.3. The average molecular weight is 244 g/mol. The molecule has 0 saturated heterocycles. The Balaban J connectivity index is 3.99. The molecule has 4 nitrogen and oxygen atoms in total. The molecule has 0 amide bonds. The fourth-order valence-electron chi connectivity index (χ4n) is 1.22. The number of unbranched alkanes of at least 4 members (excludes halogenated alkanes) is 2. The zero-order valence-corrected chi connectivity index (χ0v) is 11.4. The maximum atomic E-state index is 11.8. The summed E-state index contributed by atoms with van der Waals surface area (Å²) in [5, 5.41) is 0. The predicted molar refractivity (Wildman–Crippen MR) is 65.8 cm³/mol. The highest BCUT2D eigenvalue weighted by molar-refractivity contribution is 6.03. The topological polar surface area (TPSA) is 52.6 Å². The molecule has 17 heavy (non-hydrogen) atoms. The predicted octanol–water partition coefficient (Wildman–Crippen LogP) is 2.35. The van der Waals surface area contributed by atoms with Gasteiger partial charge < -0.3 is 9.47 Å². The average Bonchev–Trinajstić information content (AvgIpc) is 2.28. The summed E-state index contributed by atoms with van der Waals surface area (Å²) in [6.45, 7) is 7.81. The van der Waals surface area contributed by atoms with Gasteiger partial charge in [0.2, 0.25) is 0 Å². The maximum absolute atomic E-state index is 11.8. The minimum Gasteiger partial charge on any atom is -0.465 e. The first-order valence-corrected chi connectivity index (χ1v) is 6.25. The Bertz CT molecular complexity index is 246. The highest BCUT2D eigenvalue weighted by atomic mass is 16.5. The summed E-state index contributed by atoms with van der Waals surface area (Å²) in [7, 11) is 0. The molecule has 0 heterocycles. The standard InChI is InChI=1S/C13H24O4/c1-5-7-8-9-16-10-11(14)13(3,4)12(15)17-6-2/h5-10H2,1-4H3. The highest BCUT2D eigenvalue weighted by Gasteiger charge is 2.37. The molecule has 4 heteroatoms. The molecule has 0 fully saturated rings. The largest absolute Gasteiger partial charge is 0.465 e. The minimum atomic E-state index is -1.11. The van der Waals surface area contributed by atoms with Crippen molar-refractivity contribution in [2.24, 2.45) is 5.41 Å². The summed E-state index contributed by atoms with van der Waals surface area (Å²) >= 11 is 0. The molecule has 0 spiro atoms. The van der Waals surface area contributed by atoms with Crippen LogP contribution in [0.15, 0.2) is 0 Å². The van der Waals surface area contributed by atoms with Crippen molar-refractivity contribution in [3.63, 3.8) is 0 Å². The molecule has 0 unspecified atom stereocenters. The summed E-state index contributed by atoms with van der Waals surface area (Å²) in [5.74, 6) is -0.713. The van der Waals surface area contributed by atoms with Gasteiger partial charge in [-0.15, -0.1) is 0 Å². The van der Waals surface area contributed by atoms with Gasteiger partial charge in [0, 0.05) is 6.61 Å². The third-order valence-corrected chi connectivity index (χ3v) is 2.61. The molecular formula is C13H24O4. The Hall–Kier alpha value is -0.900. The van der Waals surface area contributed by atoms with Crippen molar-refractivity contribution in [1.29, 1.82) is 0 Å². The molecule has 0 aliphatic heterocycles. The van der Waals surface area contributed by atoms with Crippen molar-refractivity contribution in [2.75, 3.05) is 19.8 Å². The summed E-state index contributed by atoms with van der Waals surface area (Å²) < 4.78 is 10.1. The number of carbonyl (C=O) groups is 2. The number of Topliss-reactive ketones (excluding diaryl/α,β-unsaturated/α-hetero) is 1. The van der Waals surface area contributed by atoms with Gasteiger partial charge in [0.05, 0.1) is 6.61 Å². The lowest BCUT2D eigenvalue weighted by Crippen LogP contribution is -2.37. The van der Waals surface area contributed by atoms with Crippen molar-refractivity contribution in [3.8, 4) is 0 Å². The third-order valence-electron chi connectivity index (χ3n) is 2.61. The number of rotatable bonds is 9. The molecule has 0 N–H and O–H groups in total. The summed E-state index contributed by atoms with van der Waals surface area (Å²) in [4.78, 5) is 23.3. The van der Waals surface area contributed by atoms with E-state index in [1.54, 1.807) is 20.8 Å². The van der Waals surface area contributed by atoms with Crippen molar-refractivity contribution >= 4 is 11.8 Å². The molecule has 0 bridgehead atoms. The lowest BCUT2D eigenvalue weighted by atomic mass is 9.88. The maximum Gasteiger partial charge on any atom is 0.319 e. The van der Waals surface area contributed by atoms with Gasteiger partial charge >= 0.3 is 5.97 Å². The van der Waals surface area contributed by atoms with Crippen LogP contribution in [0, 0.1) is 5.41 Å². The van der Waals surface area contributed by atoms with E-state index in [4.69, 9.17) is 9.47 Å². The Labute approximate surface area is 104 Å². The molecule has 0 saturated carbocycles. The van der Waals surface area contributed by atoms with Crippen LogP contribution in [-0.2, 0) is 19.1 Å². The molecule has 0 aromatic heterocycles. The molecule has 0 radical (unpaired) electrons. The van der Waals surface area contributed by atoms with Crippen LogP contribution in [0.4, 0.5) is 0 Å². The van der Waals surface area contributed by atoms with Crippen LogP contribution in [0.2, 0.25) is 0 Å². The molecule has 0 rings (SSSR count). The van der Waals surface area contributed by atoms with E-state index in [9.17, 15) is 9.59 Å². The molecular weight excluding hydrogens is 220 g/mol. The number of esters is 1. The summed E-state index contributed by atoms with van der Waals surface area (Å²) in [6.07, 6.45) is 3.16. The number of carbonyl (C=O) groups excluding carboxylic acids is 2. The Morgan fingerprint density at radius 1 is 1.12 bits per heavy atom. The highest BCUT2D eigenvalue weighted by Crippen LogP contribution is 2.19. The first-order chi connectivity index (χ1) is 7.96. The van der Waals surface area contributed by atoms with Gasteiger partial charge in [-0.1, -0.05) is 19.8 Å². The molecule has 0 aromatic carbocycles. The van der Waals surface area contributed by atoms with Crippen LogP contribution in [0.5, 0.6) is 0 Å². The van der Waals surface area contributed by atoms with Crippen molar-refractivity contribution in [2.45, 2.75) is 47.0 Å². The number of ketones is 1. The Morgan fingerprint density at radius 2 is 1.76 bits per heavy atom. The second kappa shape index (κ2) is 8.23. The van der Waals surface area contributed by atoms with Crippen LogP contribution >= 0.6 is 0 Å². The monoisotopic (exact) mass is 244 g/mol. The smallest absolute Gasteiger partial charge is 0.319 e. The van der Waals surface area contributed by atoms with Gasteiger partial charge in [-0.25, -0.2) is 0 Å². The molecule has 0 atom stereocenters. The second-order valence-corrected chi connectivity index (χ2v) is 4.53. The van der Waals surface area contributed by atoms with E-state index in [1.165, 1.54) is 0 Å². The Kier molecular flexibility index (Phi) is 7.79.